The summed E-state index contributed by atoms with van der Waals surface area (Å²) in [6.45, 7) is 2.03. The van der Waals surface area contributed by atoms with Crippen LogP contribution in [0.3, 0.4) is 0 Å². The maximum Gasteiger partial charge on any atom is 0.324 e. The lowest BCUT2D eigenvalue weighted by Gasteiger charge is -2.15. The summed E-state index contributed by atoms with van der Waals surface area (Å²) < 4.78 is 10.2. The van der Waals surface area contributed by atoms with Gasteiger partial charge in [0.15, 0.2) is 0 Å². The van der Waals surface area contributed by atoms with Gasteiger partial charge in [-0.05, 0) is 31.1 Å². The van der Waals surface area contributed by atoms with Crippen molar-refractivity contribution in [3.05, 3.63) is 0 Å². The molecule has 0 aliphatic carbocycles. The van der Waals surface area contributed by atoms with E-state index in [1.54, 1.807) is 0 Å². The van der Waals surface area contributed by atoms with Crippen LogP contribution in [0.1, 0.15) is 46.0 Å². The smallest absolute Gasteiger partial charge is 0.324 e. The molecule has 0 heterocycles. The average Bonchev–Trinajstić information content (AvgIpc) is 2.29. The van der Waals surface area contributed by atoms with E-state index in [1.807, 2.05) is 6.92 Å². The van der Waals surface area contributed by atoms with E-state index in [0.717, 1.165) is 32.1 Å². The number of carbonyl (C=O) groups is 1. The van der Waals surface area contributed by atoms with Gasteiger partial charge in [0.1, 0.15) is 0 Å². The summed E-state index contributed by atoms with van der Waals surface area (Å²) in [5.41, 5.74) is 0. The SMILES string of the molecule is CCCOP(O)(=S)OCCCCCCNC(C)=O. The number of amides is 1. The highest BCUT2D eigenvalue weighted by Crippen LogP contribution is 2.43. The van der Waals surface area contributed by atoms with Crippen molar-refractivity contribution in [3.8, 4) is 0 Å². The van der Waals surface area contributed by atoms with Crippen LogP contribution in [-0.2, 0) is 25.6 Å². The lowest BCUT2D eigenvalue weighted by molar-refractivity contribution is -0.118. The standard InChI is InChI=1S/C11H24NO4PS/c1-3-9-15-17(14,18)16-10-7-5-4-6-8-12-11(2)13/h3-10H2,1-2H3,(H,12,13)(H,14,18). The molecule has 0 fully saturated rings. The molecule has 0 aromatic rings. The van der Waals surface area contributed by atoms with Crippen LogP contribution in [0.2, 0.25) is 0 Å². The molecule has 5 nitrogen and oxygen atoms in total. The van der Waals surface area contributed by atoms with Crippen LogP contribution in [0.25, 0.3) is 0 Å². The number of unbranched alkanes of at least 4 members (excludes halogenated alkanes) is 3. The molecule has 0 bridgehead atoms. The van der Waals surface area contributed by atoms with Crippen molar-refractivity contribution in [2.24, 2.45) is 0 Å². The molecule has 1 atom stereocenters. The lowest BCUT2D eigenvalue weighted by Crippen LogP contribution is -2.20. The zero-order chi connectivity index (χ0) is 13.9. The molecule has 0 aliphatic rings. The fourth-order valence-corrected chi connectivity index (χ4v) is 2.56. The first-order chi connectivity index (χ1) is 8.48. The summed E-state index contributed by atoms with van der Waals surface area (Å²) in [7, 11) is 0. The summed E-state index contributed by atoms with van der Waals surface area (Å²) in [6.07, 6.45) is 4.62. The van der Waals surface area contributed by atoms with Gasteiger partial charge in [-0.25, -0.2) is 0 Å². The molecule has 0 spiro atoms. The molecule has 2 N–H and O–H groups in total. The maximum absolute atomic E-state index is 10.6. The lowest BCUT2D eigenvalue weighted by atomic mass is 10.2. The molecule has 0 saturated heterocycles. The number of carbonyl (C=O) groups excluding carboxylic acids is 1. The maximum atomic E-state index is 10.6. The molecule has 1 amide bonds. The largest absolute Gasteiger partial charge is 0.356 e. The summed E-state index contributed by atoms with van der Waals surface area (Å²) >= 11 is 4.83. The molecular weight excluding hydrogens is 273 g/mol. The van der Waals surface area contributed by atoms with Gasteiger partial charge in [-0.15, -0.1) is 0 Å². The molecule has 0 aliphatic heterocycles. The highest BCUT2D eigenvalue weighted by atomic mass is 32.5. The Kier molecular flexibility index (Phi) is 10.9. The molecule has 108 valence electrons. The second-order valence-electron chi connectivity index (χ2n) is 4.03. The summed E-state index contributed by atoms with van der Waals surface area (Å²) in [4.78, 5) is 20.2. The third kappa shape index (κ3) is 12.5. The topological polar surface area (TPSA) is 67.8 Å². The second kappa shape index (κ2) is 10.9. The van der Waals surface area contributed by atoms with Crippen LogP contribution in [0, 0.1) is 0 Å². The van der Waals surface area contributed by atoms with E-state index in [2.05, 4.69) is 5.32 Å². The normalized spacial score (nSPS) is 14.2. The minimum atomic E-state index is -3.01. The molecule has 0 saturated carbocycles. The van der Waals surface area contributed by atoms with E-state index in [1.165, 1.54) is 6.92 Å². The Bertz CT molecular complexity index is 276. The first-order valence-corrected chi connectivity index (χ1v) is 8.93. The molecule has 0 aromatic heterocycles. The van der Waals surface area contributed by atoms with E-state index in [-0.39, 0.29) is 5.91 Å². The van der Waals surface area contributed by atoms with Crippen LogP contribution in [0.4, 0.5) is 0 Å². The van der Waals surface area contributed by atoms with Crippen LogP contribution in [0.5, 0.6) is 0 Å². The van der Waals surface area contributed by atoms with Gasteiger partial charge in [0, 0.05) is 13.5 Å². The second-order valence-corrected chi connectivity index (χ2v) is 6.87. The van der Waals surface area contributed by atoms with Crippen LogP contribution >= 0.6 is 6.72 Å². The summed E-state index contributed by atoms with van der Waals surface area (Å²) in [6, 6.07) is 0. The van der Waals surface area contributed by atoms with Crippen molar-refractivity contribution in [1.82, 2.24) is 5.32 Å². The fourth-order valence-electron chi connectivity index (χ4n) is 1.27. The average molecular weight is 297 g/mol. The van der Waals surface area contributed by atoms with E-state index < -0.39 is 6.72 Å². The van der Waals surface area contributed by atoms with E-state index in [0.29, 0.717) is 19.8 Å². The fraction of sp³-hybridized carbons (Fsp3) is 0.909. The van der Waals surface area contributed by atoms with Gasteiger partial charge in [-0.1, -0.05) is 19.8 Å². The summed E-state index contributed by atoms with van der Waals surface area (Å²) in [5.74, 6) is 0.00683. The van der Waals surface area contributed by atoms with Gasteiger partial charge in [0.05, 0.1) is 13.2 Å². The van der Waals surface area contributed by atoms with Crippen LogP contribution in [-0.4, -0.2) is 30.6 Å². The van der Waals surface area contributed by atoms with Crippen molar-refractivity contribution in [2.75, 3.05) is 19.8 Å². The van der Waals surface area contributed by atoms with Gasteiger partial charge < -0.3 is 19.3 Å². The Labute approximate surface area is 115 Å². The molecule has 0 rings (SSSR count). The van der Waals surface area contributed by atoms with Gasteiger partial charge in [0.2, 0.25) is 5.91 Å². The Hall–Kier alpha value is 0. The molecule has 1 unspecified atom stereocenters. The van der Waals surface area contributed by atoms with Crippen molar-refractivity contribution in [3.63, 3.8) is 0 Å². The van der Waals surface area contributed by atoms with Crippen molar-refractivity contribution in [1.29, 1.82) is 0 Å². The highest BCUT2D eigenvalue weighted by molar-refractivity contribution is 8.07. The van der Waals surface area contributed by atoms with Crippen LogP contribution < -0.4 is 5.32 Å². The van der Waals surface area contributed by atoms with Gasteiger partial charge in [-0.2, -0.15) is 0 Å². The highest BCUT2D eigenvalue weighted by Gasteiger charge is 2.13. The number of nitrogens with one attached hydrogen (secondary N) is 1. The molecule has 0 radical (unpaired) electrons. The molecule has 0 aromatic carbocycles. The van der Waals surface area contributed by atoms with Gasteiger partial charge in [-0.3, -0.25) is 4.79 Å². The third-order valence-corrected chi connectivity index (χ3v) is 3.81. The van der Waals surface area contributed by atoms with Crippen molar-refractivity contribution in [2.45, 2.75) is 46.0 Å². The van der Waals surface area contributed by atoms with Gasteiger partial charge in [0.25, 0.3) is 0 Å². The number of hydrogen-bond donors (Lipinski definition) is 2. The van der Waals surface area contributed by atoms with Gasteiger partial charge >= 0.3 is 6.72 Å². The Morgan fingerprint density at radius 1 is 1.22 bits per heavy atom. The Balaban J connectivity index is 3.34. The molecule has 7 heteroatoms. The monoisotopic (exact) mass is 297 g/mol. The van der Waals surface area contributed by atoms with Crippen LogP contribution in [0.15, 0.2) is 0 Å². The zero-order valence-corrected chi connectivity index (χ0v) is 12.9. The minimum Gasteiger partial charge on any atom is -0.356 e. The van der Waals surface area contributed by atoms with Crippen molar-refractivity contribution >= 4 is 24.4 Å². The summed E-state index contributed by atoms with van der Waals surface area (Å²) in [5, 5.41) is 2.74. The van der Waals surface area contributed by atoms with E-state index >= 15 is 0 Å². The van der Waals surface area contributed by atoms with E-state index in [9.17, 15) is 9.69 Å². The Morgan fingerprint density at radius 3 is 2.44 bits per heavy atom. The number of hydrogen-bond acceptors (Lipinski definition) is 4. The number of rotatable bonds is 11. The predicted molar refractivity (Wildman–Crippen MR) is 75.9 cm³/mol. The molecule has 18 heavy (non-hydrogen) atoms. The predicted octanol–water partition coefficient (Wildman–Crippen LogP) is 2.34. The minimum absolute atomic E-state index is 0.00683. The van der Waals surface area contributed by atoms with E-state index in [4.69, 9.17) is 20.9 Å². The Morgan fingerprint density at radius 2 is 1.83 bits per heavy atom. The third-order valence-electron chi connectivity index (χ3n) is 2.16. The molecular formula is C11H24NO4PS. The quantitative estimate of drug-likeness (QED) is 0.452. The first kappa shape index (κ1) is 18.0. The zero-order valence-electron chi connectivity index (χ0n) is 11.2. The first-order valence-electron chi connectivity index (χ1n) is 6.34. The van der Waals surface area contributed by atoms with Crippen molar-refractivity contribution < 1.29 is 18.7 Å².